The lowest BCUT2D eigenvalue weighted by Gasteiger charge is -2.36. The van der Waals surface area contributed by atoms with E-state index in [9.17, 15) is 9.59 Å². The lowest BCUT2D eigenvalue weighted by atomic mass is 9.94. The zero-order valence-electron chi connectivity index (χ0n) is 16.6. The van der Waals surface area contributed by atoms with Crippen LogP contribution >= 0.6 is 0 Å². The van der Waals surface area contributed by atoms with Gasteiger partial charge < -0.3 is 14.5 Å². The molecule has 3 aliphatic rings. The largest absolute Gasteiger partial charge is 0.379 e. The Morgan fingerprint density at radius 2 is 1.75 bits per heavy atom. The Hall–Kier alpha value is -1.92. The second-order valence-electron chi connectivity index (χ2n) is 8.34. The number of nitrogens with zero attached hydrogens (tertiary/aromatic N) is 3. The minimum Gasteiger partial charge on any atom is -0.379 e. The van der Waals surface area contributed by atoms with Gasteiger partial charge >= 0.3 is 0 Å². The molecule has 152 valence electrons. The van der Waals surface area contributed by atoms with Crippen LogP contribution in [0.25, 0.3) is 0 Å². The van der Waals surface area contributed by atoms with E-state index in [1.165, 1.54) is 0 Å². The van der Waals surface area contributed by atoms with Gasteiger partial charge in [0.2, 0.25) is 11.8 Å². The molecule has 2 amide bonds. The van der Waals surface area contributed by atoms with Gasteiger partial charge in [-0.05, 0) is 24.3 Å². The summed E-state index contributed by atoms with van der Waals surface area (Å²) in [7, 11) is 0. The molecular weight excluding hydrogens is 354 g/mol. The number of hydrogen-bond donors (Lipinski definition) is 0. The number of benzene rings is 1. The molecule has 28 heavy (non-hydrogen) atoms. The number of hydrogen-bond acceptors (Lipinski definition) is 4. The molecule has 0 radical (unpaired) electrons. The standard InChI is InChI=1S/C22H31N3O3/c26-21-14-20(17-25(21)16-18-4-2-1-3-5-18)22(27)24-8-6-19(7-9-24)15-23-10-12-28-13-11-23/h1-5,19-20H,6-17H2/t20-/m1/s1. The first-order chi connectivity index (χ1) is 13.7. The van der Waals surface area contributed by atoms with E-state index in [1.807, 2.05) is 40.1 Å². The van der Waals surface area contributed by atoms with Crippen LogP contribution < -0.4 is 0 Å². The van der Waals surface area contributed by atoms with Crippen LogP contribution in [0.15, 0.2) is 30.3 Å². The number of rotatable bonds is 5. The van der Waals surface area contributed by atoms with Crippen LogP contribution in [0, 0.1) is 11.8 Å². The highest BCUT2D eigenvalue weighted by atomic mass is 16.5. The summed E-state index contributed by atoms with van der Waals surface area (Å²) in [5, 5.41) is 0. The maximum Gasteiger partial charge on any atom is 0.227 e. The first-order valence-electron chi connectivity index (χ1n) is 10.6. The topological polar surface area (TPSA) is 53.1 Å². The van der Waals surface area contributed by atoms with Crippen LogP contribution in [-0.4, -0.2) is 79.0 Å². The fraction of sp³-hybridized carbons (Fsp3) is 0.636. The Morgan fingerprint density at radius 1 is 1.04 bits per heavy atom. The molecule has 0 saturated carbocycles. The highest BCUT2D eigenvalue weighted by Gasteiger charge is 2.37. The fourth-order valence-corrected chi connectivity index (χ4v) is 4.64. The summed E-state index contributed by atoms with van der Waals surface area (Å²) in [6.07, 6.45) is 2.49. The number of amides is 2. The third-order valence-corrected chi connectivity index (χ3v) is 6.33. The Kier molecular flexibility index (Phi) is 6.27. The molecule has 0 bridgehead atoms. The minimum atomic E-state index is -0.174. The average Bonchev–Trinajstić information content (AvgIpc) is 3.10. The van der Waals surface area contributed by atoms with Gasteiger partial charge in [0.25, 0.3) is 0 Å². The molecule has 3 fully saturated rings. The van der Waals surface area contributed by atoms with Crippen molar-refractivity contribution in [1.29, 1.82) is 0 Å². The predicted octanol–water partition coefficient (Wildman–Crippen LogP) is 1.61. The zero-order valence-corrected chi connectivity index (χ0v) is 16.6. The van der Waals surface area contributed by atoms with Crippen LogP contribution in [-0.2, 0) is 20.9 Å². The highest BCUT2D eigenvalue weighted by molar-refractivity contribution is 5.89. The van der Waals surface area contributed by atoms with E-state index in [1.54, 1.807) is 0 Å². The van der Waals surface area contributed by atoms with Crippen LogP contribution in [0.3, 0.4) is 0 Å². The lowest BCUT2D eigenvalue weighted by Crippen LogP contribution is -2.46. The molecule has 0 aromatic heterocycles. The number of carbonyl (C=O) groups is 2. The predicted molar refractivity (Wildman–Crippen MR) is 107 cm³/mol. The van der Waals surface area contributed by atoms with E-state index in [4.69, 9.17) is 4.74 Å². The molecule has 3 aliphatic heterocycles. The van der Waals surface area contributed by atoms with Gasteiger partial charge in [0.05, 0.1) is 19.1 Å². The van der Waals surface area contributed by atoms with Crippen LogP contribution in [0.4, 0.5) is 0 Å². The fourth-order valence-electron chi connectivity index (χ4n) is 4.64. The first kappa shape index (κ1) is 19.4. The van der Waals surface area contributed by atoms with Gasteiger partial charge in [-0.25, -0.2) is 0 Å². The summed E-state index contributed by atoms with van der Waals surface area (Å²) in [5.41, 5.74) is 1.12. The van der Waals surface area contributed by atoms with Crippen molar-refractivity contribution in [3.05, 3.63) is 35.9 Å². The molecule has 6 heteroatoms. The minimum absolute atomic E-state index is 0.101. The normalized spacial score (nSPS) is 24.7. The van der Waals surface area contributed by atoms with Crippen molar-refractivity contribution in [3.8, 4) is 0 Å². The van der Waals surface area contributed by atoms with Gasteiger partial charge in [-0.2, -0.15) is 0 Å². The molecule has 0 spiro atoms. The second kappa shape index (κ2) is 9.05. The third-order valence-electron chi connectivity index (χ3n) is 6.33. The summed E-state index contributed by atoms with van der Waals surface area (Å²) in [6.45, 7) is 7.68. The molecule has 0 N–H and O–H groups in total. The molecule has 1 atom stereocenters. The van der Waals surface area contributed by atoms with Crippen molar-refractivity contribution in [1.82, 2.24) is 14.7 Å². The summed E-state index contributed by atoms with van der Waals surface area (Å²) >= 11 is 0. The molecule has 6 nitrogen and oxygen atoms in total. The van der Waals surface area contributed by atoms with Crippen molar-refractivity contribution < 1.29 is 14.3 Å². The SMILES string of the molecule is O=C1C[C@@H](C(=O)N2CCC(CN3CCOCC3)CC2)CN1Cc1ccccc1. The van der Waals surface area contributed by atoms with Crippen LogP contribution in [0.2, 0.25) is 0 Å². The number of carbonyl (C=O) groups excluding carboxylic acids is 2. The van der Waals surface area contributed by atoms with Crippen molar-refractivity contribution in [2.24, 2.45) is 11.8 Å². The van der Waals surface area contributed by atoms with Gasteiger partial charge in [-0.1, -0.05) is 30.3 Å². The van der Waals surface area contributed by atoms with E-state index in [0.717, 1.165) is 64.3 Å². The van der Waals surface area contributed by atoms with Crippen molar-refractivity contribution in [2.75, 3.05) is 52.5 Å². The maximum absolute atomic E-state index is 13.0. The van der Waals surface area contributed by atoms with Gasteiger partial charge in [-0.3, -0.25) is 14.5 Å². The van der Waals surface area contributed by atoms with E-state index in [-0.39, 0.29) is 17.7 Å². The number of piperidine rings is 1. The molecule has 1 aromatic carbocycles. The average molecular weight is 386 g/mol. The lowest BCUT2D eigenvalue weighted by molar-refractivity contribution is -0.137. The summed E-state index contributed by atoms with van der Waals surface area (Å²) in [4.78, 5) is 31.7. The molecule has 4 rings (SSSR count). The Bertz CT molecular complexity index is 667. The maximum atomic E-state index is 13.0. The zero-order chi connectivity index (χ0) is 19.3. The van der Waals surface area contributed by atoms with Gasteiger partial charge in [-0.15, -0.1) is 0 Å². The van der Waals surface area contributed by atoms with Crippen molar-refractivity contribution >= 4 is 11.8 Å². The van der Waals surface area contributed by atoms with Crippen molar-refractivity contribution in [3.63, 3.8) is 0 Å². The molecule has 0 unspecified atom stereocenters. The van der Waals surface area contributed by atoms with Crippen molar-refractivity contribution in [2.45, 2.75) is 25.8 Å². The highest BCUT2D eigenvalue weighted by Crippen LogP contribution is 2.25. The second-order valence-corrected chi connectivity index (χ2v) is 8.34. The van der Waals surface area contributed by atoms with E-state index in [0.29, 0.717) is 25.4 Å². The van der Waals surface area contributed by atoms with E-state index >= 15 is 0 Å². The van der Waals surface area contributed by atoms with Gasteiger partial charge in [0, 0.05) is 52.2 Å². The van der Waals surface area contributed by atoms with Crippen LogP contribution in [0.5, 0.6) is 0 Å². The summed E-state index contributed by atoms with van der Waals surface area (Å²) in [5.74, 6) is 0.770. The number of likely N-dealkylation sites (tertiary alicyclic amines) is 2. The van der Waals surface area contributed by atoms with E-state index < -0.39 is 0 Å². The summed E-state index contributed by atoms with van der Waals surface area (Å²) in [6, 6.07) is 10.0. The first-order valence-corrected chi connectivity index (χ1v) is 10.6. The molecule has 3 saturated heterocycles. The Morgan fingerprint density at radius 3 is 2.46 bits per heavy atom. The summed E-state index contributed by atoms with van der Waals surface area (Å²) < 4.78 is 5.42. The number of ether oxygens (including phenoxy) is 1. The molecular formula is C22H31N3O3. The monoisotopic (exact) mass is 385 g/mol. The number of morpholine rings is 1. The van der Waals surface area contributed by atoms with E-state index in [2.05, 4.69) is 4.90 Å². The Balaban J connectivity index is 1.24. The quantitative estimate of drug-likeness (QED) is 0.773. The molecule has 1 aromatic rings. The molecule has 0 aliphatic carbocycles. The van der Waals surface area contributed by atoms with Gasteiger partial charge in [0.15, 0.2) is 0 Å². The van der Waals surface area contributed by atoms with Gasteiger partial charge in [0.1, 0.15) is 0 Å². The Labute approximate surface area is 167 Å². The smallest absolute Gasteiger partial charge is 0.227 e. The van der Waals surface area contributed by atoms with Crippen LogP contribution in [0.1, 0.15) is 24.8 Å². The third kappa shape index (κ3) is 4.73. The molecule has 3 heterocycles.